The molecule has 0 radical (unpaired) electrons. The van der Waals surface area contributed by atoms with Gasteiger partial charge in [0.2, 0.25) is 5.82 Å². The topological polar surface area (TPSA) is 71.3 Å². The molecule has 0 aromatic carbocycles. The highest BCUT2D eigenvalue weighted by atomic mass is 79.9. The maximum atomic E-state index is 10.9. The van der Waals surface area contributed by atoms with E-state index in [1.165, 1.54) is 18.9 Å². The molecule has 0 unspecified atom stereocenters. The van der Waals surface area contributed by atoms with Gasteiger partial charge < -0.3 is 10.2 Å². The van der Waals surface area contributed by atoms with Gasteiger partial charge in [0.05, 0.1) is 4.92 Å². The first kappa shape index (κ1) is 13.2. The van der Waals surface area contributed by atoms with Crippen molar-refractivity contribution in [3.63, 3.8) is 0 Å². The summed E-state index contributed by atoms with van der Waals surface area (Å²) in [4.78, 5) is 16.8. The number of nitrogens with one attached hydrogen (secondary N) is 1. The Morgan fingerprint density at radius 1 is 1.67 bits per heavy atom. The molecule has 0 atom stereocenters. The highest BCUT2D eigenvalue weighted by Crippen LogP contribution is 2.26. The van der Waals surface area contributed by atoms with E-state index in [9.17, 15) is 10.1 Å². The van der Waals surface area contributed by atoms with E-state index in [1.54, 1.807) is 6.20 Å². The van der Waals surface area contributed by atoms with Crippen molar-refractivity contribution in [1.29, 1.82) is 0 Å². The standard InChI is InChI=1S/C11H15BrN4O2/c1-15(9-2-3-9)5-4-13-11-10(16(17)18)6-8(12)7-14-11/h6-7,9H,2-5H2,1H3,(H,13,14). The lowest BCUT2D eigenvalue weighted by Crippen LogP contribution is -2.27. The minimum atomic E-state index is -0.426. The van der Waals surface area contributed by atoms with Gasteiger partial charge in [-0.1, -0.05) is 0 Å². The lowest BCUT2D eigenvalue weighted by molar-refractivity contribution is -0.384. The molecule has 6 nitrogen and oxygen atoms in total. The summed E-state index contributed by atoms with van der Waals surface area (Å²) < 4.78 is 0.606. The zero-order valence-electron chi connectivity index (χ0n) is 10.1. The molecule has 7 heteroatoms. The van der Waals surface area contributed by atoms with Gasteiger partial charge in [-0.3, -0.25) is 10.1 Å². The van der Waals surface area contributed by atoms with E-state index in [-0.39, 0.29) is 5.69 Å². The molecule has 0 amide bonds. The van der Waals surface area contributed by atoms with Crippen LogP contribution in [0.25, 0.3) is 0 Å². The second-order valence-corrected chi connectivity index (χ2v) is 5.33. The van der Waals surface area contributed by atoms with Crippen LogP contribution < -0.4 is 5.32 Å². The third-order valence-corrected chi connectivity index (χ3v) is 3.39. The van der Waals surface area contributed by atoms with Crippen LogP contribution in [0.3, 0.4) is 0 Å². The van der Waals surface area contributed by atoms with Crippen molar-refractivity contribution in [1.82, 2.24) is 9.88 Å². The Morgan fingerprint density at radius 2 is 2.39 bits per heavy atom. The molecule has 1 N–H and O–H groups in total. The van der Waals surface area contributed by atoms with Gasteiger partial charge in [-0.05, 0) is 35.8 Å². The summed E-state index contributed by atoms with van der Waals surface area (Å²) in [6.45, 7) is 1.52. The first-order chi connectivity index (χ1) is 8.58. The predicted octanol–water partition coefficient (Wildman–Crippen LogP) is 2.26. The van der Waals surface area contributed by atoms with Crippen LogP contribution in [0.5, 0.6) is 0 Å². The smallest absolute Gasteiger partial charge is 0.312 e. The number of rotatable bonds is 6. The number of halogens is 1. The number of anilines is 1. The van der Waals surface area contributed by atoms with E-state index < -0.39 is 4.92 Å². The normalized spacial score (nSPS) is 14.8. The Labute approximate surface area is 114 Å². The molecule has 0 saturated heterocycles. The monoisotopic (exact) mass is 314 g/mol. The van der Waals surface area contributed by atoms with Crippen LogP contribution in [-0.4, -0.2) is 41.0 Å². The van der Waals surface area contributed by atoms with Crippen LogP contribution in [-0.2, 0) is 0 Å². The quantitative estimate of drug-likeness (QED) is 0.644. The predicted molar refractivity (Wildman–Crippen MR) is 72.7 cm³/mol. The fraction of sp³-hybridized carbons (Fsp3) is 0.545. The van der Waals surface area contributed by atoms with Gasteiger partial charge in [0.1, 0.15) is 0 Å². The highest BCUT2D eigenvalue weighted by Gasteiger charge is 2.25. The average Bonchev–Trinajstić information content (AvgIpc) is 3.14. The van der Waals surface area contributed by atoms with Gasteiger partial charge >= 0.3 is 5.69 Å². The van der Waals surface area contributed by atoms with Crippen molar-refractivity contribution in [3.8, 4) is 0 Å². The Bertz CT molecular complexity index is 451. The fourth-order valence-electron chi connectivity index (χ4n) is 1.75. The van der Waals surface area contributed by atoms with Gasteiger partial charge in [0.25, 0.3) is 0 Å². The van der Waals surface area contributed by atoms with Gasteiger partial charge in [0.15, 0.2) is 0 Å². The van der Waals surface area contributed by atoms with Crippen LogP contribution in [0.4, 0.5) is 11.5 Å². The third-order valence-electron chi connectivity index (χ3n) is 2.96. The van der Waals surface area contributed by atoms with E-state index in [1.807, 2.05) is 0 Å². The SMILES string of the molecule is CN(CCNc1ncc(Br)cc1[N+](=O)[O-])C1CC1. The van der Waals surface area contributed by atoms with Crippen molar-refractivity contribution in [2.45, 2.75) is 18.9 Å². The highest BCUT2D eigenvalue weighted by molar-refractivity contribution is 9.10. The number of aromatic nitrogens is 1. The van der Waals surface area contributed by atoms with Crippen LogP contribution in [0.2, 0.25) is 0 Å². The molecule has 0 bridgehead atoms. The Balaban J connectivity index is 1.93. The molecule has 0 spiro atoms. The van der Waals surface area contributed by atoms with Gasteiger partial charge in [-0.15, -0.1) is 0 Å². The molecule has 2 rings (SSSR count). The summed E-state index contributed by atoms with van der Waals surface area (Å²) in [6, 6.07) is 2.15. The summed E-state index contributed by atoms with van der Waals surface area (Å²) in [5, 5.41) is 13.9. The second-order valence-electron chi connectivity index (χ2n) is 4.42. The molecule has 1 fully saturated rings. The van der Waals surface area contributed by atoms with E-state index in [0.717, 1.165) is 6.54 Å². The molecule has 1 aliphatic rings. The average molecular weight is 315 g/mol. The van der Waals surface area contributed by atoms with Crippen molar-refractivity contribution >= 4 is 27.4 Å². The molecule has 98 valence electrons. The van der Waals surface area contributed by atoms with Crippen molar-refractivity contribution in [2.24, 2.45) is 0 Å². The number of nitro groups is 1. The van der Waals surface area contributed by atoms with E-state index in [4.69, 9.17) is 0 Å². The maximum Gasteiger partial charge on any atom is 0.312 e. The minimum absolute atomic E-state index is 0.00144. The van der Waals surface area contributed by atoms with E-state index >= 15 is 0 Å². The molecule has 1 heterocycles. The second kappa shape index (κ2) is 5.62. The van der Waals surface area contributed by atoms with Gasteiger partial charge in [0, 0.05) is 35.9 Å². The molecule has 1 aromatic rings. The first-order valence-electron chi connectivity index (χ1n) is 5.82. The van der Waals surface area contributed by atoms with E-state index in [0.29, 0.717) is 22.9 Å². The maximum absolute atomic E-state index is 10.9. The Kier molecular flexibility index (Phi) is 4.13. The third kappa shape index (κ3) is 3.39. The van der Waals surface area contributed by atoms with Crippen molar-refractivity contribution in [3.05, 3.63) is 26.9 Å². The number of hydrogen-bond acceptors (Lipinski definition) is 5. The summed E-state index contributed by atoms with van der Waals surface area (Å²) >= 11 is 3.18. The largest absolute Gasteiger partial charge is 0.363 e. The van der Waals surface area contributed by atoms with Crippen LogP contribution >= 0.6 is 15.9 Å². The number of hydrogen-bond donors (Lipinski definition) is 1. The fourth-order valence-corrected chi connectivity index (χ4v) is 2.07. The molecule has 1 saturated carbocycles. The molecular weight excluding hydrogens is 300 g/mol. The van der Waals surface area contributed by atoms with Gasteiger partial charge in [-0.25, -0.2) is 4.98 Å². The van der Waals surface area contributed by atoms with Gasteiger partial charge in [-0.2, -0.15) is 0 Å². The van der Waals surface area contributed by atoms with E-state index in [2.05, 4.69) is 38.2 Å². The molecule has 1 aliphatic carbocycles. The molecule has 0 aliphatic heterocycles. The molecule has 1 aromatic heterocycles. The zero-order chi connectivity index (χ0) is 13.1. The van der Waals surface area contributed by atoms with Crippen molar-refractivity contribution in [2.75, 3.05) is 25.5 Å². The molecular formula is C11H15BrN4O2. The van der Waals surface area contributed by atoms with Crippen LogP contribution in [0, 0.1) is 10.1 Å². The van der Waals surface area contributed by atoms with Crippen LogP contribution in [0.1, 0.15) is 12.8 Å². The number of pyridine rings is 1. The molecule has 18 heavy (non-hydrogen) atoms. The minimum Gasteiger partial charge on any atom is -0.363 e. The lowest BCUT2D eigenvalue weighted by Gasteiger charge is -2.15. The first-order valence-corrected chi connectivity index (χ1v) is 6.61. The number of likely N-dealkylation sites (N-methyl/N-ethyl adjacent to an activating group) is 1. The zero-order valence-corrected chi connectivity index (χ0v) is 11.7. The summed E-state index contributed by atoms with van der Waals surface area (Å²) in [6.07, 6.45) is 4.07. The van der Waals surface area contributed by atoms with Crippen LogP contribution in [0.15, 0.2) is 16.7 Å². The Morgan fingerprint density at radius 3 is 3.00 bits per heavy atom. The number of nitrogens with zero attached hydrogens (tertiary/aromatic N) is 3. The summed E-state index contributed by atoms with van der Waals surface area (Å²) in [5.74, 6) is 0.326. The lowest BCUT2D eigenvalue weighted by atomic mass is 10.4. The summed E-state index contributed by atoms with van der Waals surface area (Å²) in [7, 11) is 2.07. The summed E-state index contributed by atoms with van der Waals surface area (Å²) in [5.41, 5.74) is -0.00144. The Hall–Kier alpha value is -1.21. The van der Waals surface area contributed by atoms with Crippen molar-refractivity contribution < 1.29 is 4.92 Å².